The van der Waals surface area contributed by atoms with Gasteiger partial charge in [0.2, 0.25) is 0 Å². The second-order valence-electron chi connectivity index (χ2n) is 7.80. The third-order valence-corrected chi connectivity index (χ3v) is 6.20. The Labute approximate surface area is 131 Å². The summed E-state index contributed by atoms with van der Waals surface area (Å²) in [5.41, 5.74) is 0. The first-order chi connectivity index (χ1) is 10.2. The quantitative estimate of drug-likeness (QED) is 0.788. The van der Waals surface area contributed by atoms with Gasteiger partial charge in [0.1, 0.15) is 0 Å². The van der Waals surface area contributed by atoms with Gasteiger partial charge in [-0.05, 0) is 83.2 Å². The number of hydrogen-bond donors (Lipinski definition) is 0. The van der Waals surface area contributed by atoms with Gasteiger partial charge in [-0.3, -0.25) is 0 Å². The smallest absolute Gasteiger partial charge is 0.0120 e. The minimum absolute atomic E-state index is 0.896. The third-order valence-electron chi connectivity index (χ3n) is 6.20. The molecule has 1 atom stereocenters. The van der Waals surface area contributed by atoms with E-state index < -0.39 is 0 Å². The van der Waals surface area contributed by atoms with Crippen molar-refractivity contribution in [2.24, 2.45) is 11.8 Å². The highest BCUT2D eigenvalue weighted by molar-refractivity contribution is 4.85. The normalized spacial score (nSPS) is 32.0. The predicted octanol–water partition coefficient (Wildman–Crippen LogP) is 2.52. The van der Waals surface area contributed by atoms with Gasteiger partial charge in [0.05, 0.1) is 0 Å². The fraction of sp³-hybridized carbons (Fsp3) is 1.00. The Morgan fingerprint density at radius 3 is 2.05 bits per heavy atom. The maximum Gasteiger partial charge on any atom is 0.0120 e. The SMILES string of the molecule is CCN1CCC(CN2CCC(N3CCC(C)C3)CC2)CC1. The molecule has 0 saturated carbocycles. The van der Waals surface area contributed by atoms with Crippen LogP contribution in [0.4, 0.5) is 0 Å². The fourth-order valence-electron chi connectivity index (χ4n) is 4.62. The summed E-state index contributed by atoms with van der Waals surface area (Å²) in [5, 5.41) is 0. The standard InChI is InChI=1S/C18H35N3/c1-3-19-9-5-17(6-10-19)15-20-11-7-18(8-12-20)21-13-4-16(2)14-21/h16-18H,3-15H2,1-2H3. The molecule has 0 amide bonds. The summed E-state index contributed by atoms with van der Waals surface area (Å²) in [7, 11) is 0. The van der Waals surface area contributed by atoms with Crippen LogP contribution in [0.15, 0.2) is 0 Å². The average molecular weight is 293 g/mol. The molecule has 0 bridgehead atoms. The predicted molar refractivity (Wildman–Crippen MR) is 89.7 cm³/mol. The minimum atomic E-state index is 0.896. The first kappa shape index (κ1) is 15.8. The molecule has 0 aromatic carbocycles. The maximum atomic E-state index is 2.78. The molecule has 3 saturated heterocycles. The van der Waals surface area contributed by atoms with Crippen molar-refractivity contribution in [1.29, 1.82) is 0 Å². The second-order valence-corrected chi connectivity index (χ2v) is 7.80. The number of nitrogens with zero attached hydrogens (tertiary/aromatic N) is 3. The molecule has 3 heterocycles. The van der Waals surface area contributed by atoms with E-state index in [4.69, 9.17) is 0 Å². The molecule has 3 rings (SSSR count). The van der Waals surface area contributed by atoms with Gasteiger partial charge in [0, 0.05) is 19.1 Å². The molecule has 3 aliphatic heterocycles. The highest BCUT2D eigenvalue weighted by atomic mass is 15.2. The summed E-state index contributed by atoms with van der Waals surface area (Å²) >= 11 is 0. The molecule has 3 fully saturated rings. The molecule has 0 N–H and O–H groups in total. The molecule has 0 aromatic heterocycles. The van der Waals surface area contributed by atoms with Crippen LogP contribution >= 0.6 is 0 Å². The Morgan fingerprint density at radius 2 is 1.48 bits per heavy atom. The summed E-state index contributed by atoms with van der Waals surface area (Å²) in [4.78, 5) is 8.15. The Balaban J connectivity index is 1.36. The average Bonchev–Trinajstić information content (AvgIpc) is 2.95. The molecule has 1 unspecified atom stereocenters. The summed E-state index contributed by atoms with van der Waals surface area (Å²) in [6, 6.07) is 0.896. The minimum Gasteiger partial charge on any atom is -0.304 e. The van der Waals surface area contributed by atoms with Crippen molar-refractivity contribution in [3.05, 3.63) is 0 Å². The number of piperidine rings is 2. The zero-order valence-corrected chi connectivity index (χ0v) is 14.3. The van der Waals surface area contributed by atoms with Crippen LogP contribution in [0.1, 0.15) is 46.0 Å². The molecule has 0 aliphatic carbocycles. The summed E-state index contributed by atoms with van der Waals surface area (Å²) in [6.45, 7) is 15.4. The zero-order chi connectivity index (χ0) is 14.7. The van der Waals surface area contributed by atoms with E-state index in [9.17, 15) is 0 Å². The first-order valence-corrected chi connectivity index (χ1v) is 9.43. The number of hydrogen-bond acceptors (Lipinski definition) is 3. The van der Waals surface area contributed by atoms with Gasteiger partial charge >= 0.3 is 0 Å². The van der Waals surface area contributed by atoms with Gasteiger partial charge < -0.3 is 14.7 Å². The van der Waals surface area contributed by atoms with Crippen molar-refractivity contribution in [1.82, 2.24) is 14.7 Å². The van der Waals surface area contributed by atoms with Crippen LogP contribution in [0, 0.1) is 11.8 Å². The van der Waals surface area contributed by atoms with E-state index in [0.717, 1.165) is 17.9 Å². The highest BCUT2D eigenvalue weighted by Gasteiger charge is 2.30. The third kappa shape index (κ3) is 4.20. The first-order valence-electron chi connectivity index (χ1n) is 9.43. The van der Waals surface area contributed by atoms with Gasteiger partial charge in [-0.1, -0.05) is 13.8 Å². The topological polar surface area (TPSA) is 9.72 Å². The molecule has 0 aromatic rings. The van der Waals surface area contributed by atoms with Crippen LogP contribution in [0.5, 0.6) is 0 Å². The summed E-state index contributed by atoms with van der Waals surface area (Å²) < 4.78 is 0. The van der Waals surface area contributed by atoms with Gasteiger partial charge in [-0.2, -0.15) is 0 Å². The van der Waals surface area contributed by atoms with Gasteiger partial charge in [0.25, 0.3) is 0 Å². The lowest BCUT2D eigenvalue weighted by Gasteiger charge is -2.39. The van der Waals surface area contributed by atoms with Gasteiger partial charge in [-0.15, -0.1) is 0 Å². The molecular formula is C18H35N3. The lowest BCUT2D eigenvalue weighted by Crippen LogP contribution is -2.46. The number of rotatable bonds is 4. The monoisotopic (exact) mass is 293 g/mol. The lowest BCUT2D eigenvalue weighted by molar-refractivity contribution is 0.0950. The van der Waals surface area contributed by atoms with E-state index in [1.165, 1.54) is 84.5 Å². The fourth-order valence-corrected chi connectivity index (χ4v) is 4.62. The van der Waals surface area contributed by atoms with E-state index in [-0.39, 0.29) is 0 Å². The van der Waals surface area contributed by atoms with Crippen LogP contribution in [-0.4, -0.2) is 73.1 Å². The molecule has 21 heavy (non-hydrogen) atoms. The Kier molecular flexibility index (Phi) is 5.58. The summed E-state index contributed by atoms with van der Waals surface area (Å²) in [5.74, 6) is 1.91. The molecule has 122 valence electrons. The summed E-state index contributed by atoms with van der Waals surface area (Å²) in [6.07, 6.45) is 7.12. The van der Waals surface area contributed by atoms with Crippen molar-refractivity contribution in [3.8, 4) is 0 Å². The van der Waals surface area contributed by atoms with Crippen molar-refractivity contribution >= 4 is 0 Å². The van der Waals surface area contributed by atoms with E-state index in [0.29, 0.717) is 0 Å². The maximum absolute atomic E-state index is 2.78. The Hall–Kier alpha value is -0.120. The van der Waals surface area contributed by atoms with Crippen LogP contribution in [0.25, 0.3) is 0 Å². The highest BCUT2D eigenvalue weighted by Crippen LogP contribution is 2.25. The largest absolute Gasteiger partial charge is 0.304 e. The lowest BCUT2D eigenvalue weighted by atomic mass is 9.94. The molecule has 3 nitrogen and oxygen atoms in total. The zero-order valence-electron chi connectivity index (χ0n) is 14.3. The van der Waals surface area contributed by atoms with Crippen molar-refractivity contribution in [2.45, 2.75) is 52.0 Å². The van der Waals surface area contributed by atoms with Crippen molar-refractivity contribution in [3.63, 3.8) is 0 Å². The van der Waals surface area contributed by atoms with E-state index in [1.807, 2.05) is 0 Å². The molecule has 3 heteroatoms. The molecule has 3 aliphatic rings. The van der Waals surface area contributed by atoms with E-state index >= 15 is 0 Å². The van der Waals surface area contributed by atoms with Crippen molar-refractivity contribution in [2.75, 3.05) is 52.4 Å². The van der Waals surface area contributed by atoms with Crippen molar-refractivity contribution < 1.29 is 0 Å². The number of likely N-dealkylation sites (tertiary alicyclic amines) is 3. The second kappa shape index (κ2) is 7.43. The van der Waals surface area contributed by atoms with Crippen LogP contribution in [-0.2, 0) is 0 Å². The van der Waals surface area contributed by atoms with Gasteiger partial charge in [0.15, 0.2) is 0 Å². The Morgan fingerprint density at radius 1 is 0.810 bits per heavy atom. The molecule has 0 radical (unpaired) electrons. The van der Waals surface area contributed by atoms with E-state index in [1.54, 1.807) is 0 Å². The Bertz CT molecular complexity index is 304. The van der Waals surface area contributed by atoms with Crippen LogP contribution in [0.2, 0.25) is 0 Å². The molecular weight excluding hydrogens is 258 g/mol. The van der Waals surface area contributed by atoms with Crippen LogP contribution in [0.3, 0.4) is 0 Å². The molecule has 0 spiro atoms. The van der Waals surface area contributed by atoms with Crippen LogP contribution < -0.4 is 0 Å². The van der Waals surface area contributed by atoms with Gasteiger partial charge in [-0.25, -0.2) is 0 Å². The van der Waals surface area contributed by atoms with E-state index in [2.05, 4.69) is 28.5 Å².